The summed E-state index contributed by atoms with van der Waals surface area (Å²) in [6.07, 6.45) is 3.22. The predicted octanol–water partition coefficient (Wildman–Crippen LogP) is 3.45. The fourth-order valence-electron chi connectivity index (χ4n) is 2.88. The maximum atomic E-state index is 12.4. The van der Waals surface area contributed by atoms with Crippen LogP contribution in [-0.2, 0) is 0 Å². The molecule has 25 heavy (non-hydrogen) atoms. The van der Waals surface area contributed by atoms with Crippen LogP contribution in [0.4, 0.5) is 0 Å². The number of nitrogens with zero attached hydrogens (tertiary/aromatic N) is 4. The van der Waals surface area contributed by atoms with Gasteiger partial charge in [0.2, 0.25) is 0 Å². The predicted molar refractivity (Wildman–Crippen MR) is 96.9 cm³/mol. The average molecular weight is 400 g/mol. The van der Waals surface area contributed by atoms with E-state index in [2.05, 4.69) is 36.0 Å². The van der Waals surface area contributed by atoms with Crippen LogP contribution in [0.5, 0.6) is 0 Å². The number of hydrogen-bond donors (Lipinski definition) is 1. The van der Waals surface area contributed by atoms with Gasteiger partial charge in [-0.1, -0.05) is 15.9 Å². The van der Waals surface area contributed by atoms with Gasteiger partial charge in [-0.25, -0.2) is 14.6 Å². The molecule has 8 heteroatoms. The summed E-state index contributed by atoms with van der Waals surface area (Å²) in [6, 6.07) is 4.02. The lowest BCUT2D eigenvalue weighted by molar-refractivity contribution is 0.530. The number of hydrogen-bond acceptors (Lipinski definition) is 5. The van der Waals surface area contributed by atoms with Crippen molar-refractivity contribution >= 4 is 27.0 Å². The average Bonchev–Trinajstić information content (AvgIpc) is 3.12. The van der Waals surface area contributed by atoms with Gasteiger partial charge in [-0.15, -0.1) is 5.10 Å². The van der Waals surface area contributed by atoms with Gasteiger partial charge in [-0.3, -0.25) is 4.79 Å². The maximum absolute atomic E-state index is 12.4. The minimum Gasteiger partial charge on any atom is -0.438 e. The van der Waals surface area contributed by atoms with Crippen molar-refractivity contribution in [1.82, 2.24) is 24.7 Å². The smallest absolute Gasteiger partial charge is 0.262 e. The SMILES string of the molecule is Cc1ncc(-c2nc3nn(-c4c(C)cc(Br)cc4C)cc3c(=O)[nH]2)o1. The summed E-state index contributed by atoms with van der Waals surface area (Å²) in [5, 5.41) is 4.91. The van der Waals surface area contributed by atoms with E-state index in [-0.39, 0.29) is 5.56 Å². The number of aromatic nitrogens is 5. The Kier molecular flexibility index (Phi) is 3.57. The molecule has 0 aliphatic carbocycles. The number of benzene rings is 1. The second kappa shape index (κ2) is 5.66. The van der Waals surface area contributed by atoms with Crippen LogP contribution in [0, 0.1) is 20.8 Å². The van der Waals surface area contributed by atoms with Gasteiger partial charge >= 0.3 is 0 Å². The van der Waals surface area contributed by atoms with Crippen molar-refractivity contribution in [2.75, 3.05) is 0 Å². The van der Waals surface area contributed by atoms with Gasteiger partial charge in [0, 0.05) is 17.6 Å². The van der Waals surface area contributed by atoms with E-state index in [9.17, 15) is 4.79 Å². The monoisotopic (exact) mass is 399 g/mol. The van der Waals surface area contributed by atoms with Gasteiger partial charge in [0.05, 0.1) is 11.9 Å². The second-order valence-corrected chi connectivity index (χ2v) is 6.77. The fourth-order valence-corrected chi connectivity index (χ4v) is 3.57. The Morgan fingerprint density at radius 1 is 1.20 bits per heavy atom. The minimum absolute atomic E-state index is 0.271. The first kappa shape index (κ1) is 15.8. The highest BCUT2D eigenvalue weighted by Gasteiger charge is 2.15. The number of fused-ring (bicyclic) bond motifs is 1. The molecule has 0 amide bonds. The van der Waals surface area contributed by atoms with E-state index in [4.69, 9.17) is 4.42 Å². The lowest BCUT2D eigenvalue weighted by atomic mass is 10.1. The second-order valence-electron chi connectivity index (χ2n) is 5.86. The normalized spacial score (nSPS) is 11.4. The number of rotatable bonds is 2. The molecule has 0 aliphatic heterocycles. The summed E-state index contributed by atoms with van der Waals surface area (Å²) in [4.78, 5) is 23.6. The van der Waals surface area contributed by atoms with Crippen molar-refractivity contribution in [3.05, 3.63) is 56.4 Å². The molecule has 0 saturated carbocycles. The molecule has 1 N–H and O–H groups in total. The quantitative estimate of drug-likeness (QED) is 0.557. The molecule has 4 rings (SSSR count). The lowest BCUT2D eigenvalue weighted by Crippen LogP contribution is -2.08. The van der Waals surface area contributed by atoms with Crippen molar-refractivity contribution < 1.29 is 4.42 Å². The van der Waals surface area contributed by atoms with E-state index < -0.39 is 0 Å². The van der Waals surface area contributed by atoms with Crippen molar-refractivity contribution in [2.45, 2.75) is 20.8 Å². The Morgan fingerprint density at radius 2 is 1.92 bits per heavy atom. The van der Waals surface area contributed by atoms with E-state index >= 15 is 0 Å². The van der Waals surface area contributed by atoms with E-state index in [0.29, 0.717) is 28.5 Å². The molecule has 1 aromatic carbocycles. The number of halogens is 1. The molecular weight excluding hydrogens is 386 g/mol. The molecule has 0 saturated heterocycles. The molecule has 3 aromatic heterocycles. The van der Waals surface area contributed by atoms with Gasteiger partial charge in [0.1, 0.15) is 5.39 Å². The highest BCUT2D eigenvalue weighted by atomic mass is 79.9. The first-order valence-corrected chi connectivity index (χ1v) is 8.41. The van der Waals surface area contributed by atoms with Crippen LogP contribution in [-0.4, -0.2) is 24.7 Å². The molecular formula is C17H14BrN5O2. The first-order valence-electron chi connectivity index (χ1n) is 7.62. The molecule has 0 aliphatic rings. The molecule has 0 radical (unpaired) electrons. The zero-order chi connectivity index (χ0) is 17.7. The van der Waals surface area contributed by atoms with E-state index in [1.165, 1.54) is 6.20 Å². The van der Waals surface area contributed by atoms with Crippen LogP contribution in [0.2, 0.25) is 0 Å². The summed E-state index contributed by atoms with van der Waals surface area (Å²) in [6.45, 7) is 5.73. The third-order valence-electron chi connectivity index (χ3n) is 3.93. The zero-order valence-electron chi connectivity index (χ0n) is 13.8. The molecule has 126 valence electrons. The Hall–Kier alpha value is -2.74. The van der Waals surface area contributed by atoms with Crippen molar-refractivity contribution in [1.29, 1.82) is 0 Å². The maximum Gasteiger partial charge on any atom is 0.262 e. The Labute approximate surface area is 150 Å². The number of H-pyrrole nitrogens is 1. The molecule has 0 spiro atoms. The van der Waals surface area contributed by atoms with Crippen LogP contribution in [0.25, 0.3) is 28.3 Å². The molecule has 7 nitrogen and oxygen atoms in total. The minimum atomic E-state index is -0.271. The standard InChI is InChI=1S/C17H14BrN5O2/c1-8-4-11(18)5-9(2)14(8)23-7-12-15(22-23)20-16(21-17(12)24)13-6-19-10(3)25-13/h4-7H,1-3H3,(H,20,21,22,24). The van der Waals surface area contributed by atoms with Gasteiger partial charge in [-0.2, -0.15) is 0 Å². The highest BCUT2D eigenvalue weighted by molar-refractivity contribution is 9.10. The van der Waals surface area contributed by atoms with E-state index in [1.54, 1.807) is 17.8 Å². The van der Waals surface area contributed by atoms with Crippen LogP contribution in [0.3, 0.4) is 0 Å². The third-order valence-corrected chi connectivity index (χ3v) is 4.39. The summed E-state index contributed by atoms with van der Waals surface area (Å²) >= 11 is 3.49. The van der Waals surface area contributed by atoms with Crippen LogP contribution in [0.1, 0.15) is 17.0 Å². The molecule has 0 fully saturated rings. The number of oxazole rings is 1. The lowest BCUT2D eigenvalue weighted by Gasteiger charge is -2.10. The first-order chi connectivity index (χ1) is 11.9. The van der Waals surface area contributed by atoms with E-state index in [0.717, 1.165) is 21.3 Å². The van der Waals surface area contributed by atoms with E-state index in [1.807, 2.05) is 26.0 Å². The van der Waals surface area contributed by atoms with Crippen LogP contribution in [0.15, 0.2) is 38.2 Å². The number of aryl methyl sites for hydroxylation is 3. The topological polar surface area (TPSA) is 89.6 Å². The molecule has 0 atom stereocenters. The molecule has 0 unspecified atom stereocenters. The van der Waals surface area contributed by atoms with Crippen molar-refractivity contribution in [2.24, 2.45) is 0 Å². The number of aromatic amines is 1. The Morgan fingerprint density at radius 3 is 2.56 bits per heavy atom. The zero-order valence-corrected chi connectivity index (χ0v) is 15.4. The summed E-state index contributed by atoms with van der Waals surface area (Å²) in [7, 11) is 0. The van der Waals surface area contributed by atoms with Crippen molar-refractivity contribution in [3.8, 4) is 17.3 Å². The number of nitrogens with one attached hydrogen (secondary N) is 1. The van der Waals surface area contributed by atoms with Gasteiger partial charge in [-0.05, 0) is 37.1 Å². The summed E-state index contributed by atoms with van der Waals surface area (Å²) in [5.74, 6) is 1.22. The molecule has 0 bridgehead atoms. The molecule has 4 aromatic rings. The van der Waals surface area contributed by atoms with Gasteiger partial charge < -0.3 is 9.40 Å². The highest BCUT2D eigenvalue weighted by Crippen LogP contribution is 2.25. The van der Waals surface area contributed by atoms with Crippen LogP contribution >= 0.6 is 15.9 Å². The Balaban J connectivity index is 1.92. The third kappa shape index (κ3) is 2.68. The molecule has 3 heterocycles. The van der Waals surface area contributed by atoms with Gasteiger partial charge in [0.15, 0.2) is 23.1 Å². The largest absolute Gasteiger partial charge is 0.438 e. The summed E-state index contributed by atoms with van der Waals surface area (Å²) in [5.41, 5.74) is 3.10. The summed E-state index contributed by atoms with van der Waals surface area (Å²) < 4.78 is 8.13. The Bertz CT molecular complexity index is 1150. The fraction of sp³-hybridized carbons (Fsp3) is 0.176. The van der Waals surface area contributed by atoms with Crippen molar-refractivity contribution in [3.63, 3.8) is 0 Å². The van der Waals surface area contributed by atoms with Gasteiger partial charge in [0.25, 0.3) is 5.56 Å². The van der Waals surface area contributed by atoms with Crippen LogP contribution < -0.4 is 5.56 Å².